The van der Waals surface area contributed by atoms with Gasteiger partial charge < -0.3 is 14.7 Å². The van der Waals surface area contributed by atoms with Crippen LogP contribution in [0, 0.1) is 6.92 Å². The van der Waals surface area contributed by atoms with Crippen molar-refractivity contribution in [3.05, 3.63) is 34.9 Å². The van der Waals surface area contributed by atoms with Gasteiger partial charge in [-0.15, -0.1) is 0 Å². The van der Waals surface area contributed by atoms with Crippen LogP contribution >= 0.6 is 0 Å². The number of carboxylic acid groups (broad SMARTS) is 1. The van der Waals surface area contributed by atoms with Crippen molar-refractivity contribution in [2.45, 2.75) is 58.4 Å². The Morgan fingerprint density at radius 1 is 1.13 bits per heavy atom. The van der Waals surface area contributed by atoms with E-state index in [1.807, 2.05) is 13.0 Å². The Hall–Kier alpha value is -2.29. The fraction of sp³-hybridized carbons (Fsp3) is 0.619. The molecule has 0 bridgehead atoms. The summed E-state index contributed by atoms with van der Waals surface area (Å²) in [5.41, 5.74) is 3.47. The first-order valence-electron chi connectivity index (χ1n) is 10.1. The van der Waals surface area contributed by atoms with Gasteiger partial charge in [-0.3, -0.25) is 9.69 Å². The number of carbonyl (C=O) groups is 2. The lowest BCUT2D eigenvalue weighted by atomic mass is 9.98. The number of unbranched alkanes of at least 4 members (excludes halogenated alkanes) is 1. The van der Waals surface area contributed by atoms with Crippen LogP contribution in [0.5, 0.6) is 0 Å². The third kappa shape index (κ3) is 7.51. The Bertz CT molecular complexity index is 731. The van der Waals surface area contributed by atoms with Crippen LogP contribution in [0.25, 0.3) is 0 Å². The molecule has 0 saturated carbocycles. The normalized spacial score (nSPS) is 16.4. The number of benzene rings is 1. The van der Waals surface area contributed by atoms with Crippen LogP contribution in [0.2, 0.25) is 0 Å². The van der Waals surface area contributed by atoms with E-state index in [0.717, 1.165) is 30.9 Å². The minimum atomic E-state index is -4.57. The molecule has 1 N–H and O–H groups in total. The summed E-state index contributed by atoms with van der Waals surface area (Å²) in [6, 6.07) is 6.21. The summed E-state index contributed by atoms with van der Waals surface area (Å²) in [6.45, 7) is 5.22. The summed E-state index contributed by atoms with van der Waals surface area (Å²) in [6.07, 6.45) is -5.25. The molecule has 1 atom stereocenters. The van der Waals surface area contributed by atoms with Crippen LogP contribution in [0.3, 0.4) is 0 Å². The summed E-state index contributed by atoms with van der Waals surface area (Å²) in [5.74, 6) is -0.791. The third-order valence-electron chi connectivity index (χ3n) is 5.21. The molecule has 1 unspecified atom stereocenters. The Kier molecular flexibility index (Phi) is 8.52. The fourth-order valence-corrected chi connectivity index (χ4v) is 3.36. The van der Waals surface area contributed by atoms with Crippen molar-refractivity contribution >= 4 is 12.1 Å². The first-order valence-corrected chi connectivity index (χ1v) is 10.1. The molecule has 6 nitrogen and oxygen atoms in total. The average Bonchev–Trinajstić information content (AvgIpc) is 2.66. The molecular weight excluding hydrogens is 401 g/mol. The lowest BCUT2D eigenvalue weighted by Gasteiger charge is -2.35. The highest BCUT2D eigenvalue weighted by Gasteiger charge is 2.40. The molecule has 0 radical (unpaired) electrons. The number of hydrogen-bond donors (Lipinski definition) is 1. The minimum Gasteiger partial charge on any atom is -0.481 e. The summed E-state index contributed by atoms with van der Waals surface area (Å²) < 4.78 is 42.2. The van der Waals surface area contributed by atoms with Gasteiger partial charge in [-0.2, -0.15) is 13.2 Å². The molecule has 30 heavy (non-hydrogen) atoms. The van der Waals surface area contributed by atoms with Crippen LogP contribution in [0.1, 0.15) is 42.9 Å². The van der Waals surface area contributed by atoms with Gasteiger partial charge in [-0.05, 0) is 44.2 Å². The number of hydrogen-bond acceptors (Lipinski definition) is 4. The van der Waals surface area contributed by atoms with Crippen LogP contribution < -0.4 is 0 Å². The number of carboxylic acids is 1. The molecule has 168 valence electrons. The van der Waals surface area contributed by atoms with Crippen molar-refractivity contribution in [1.29, 1.82) is 0 Å². The molecule has 1 aliphatic rings. The van der Waals surface area contributed by atoms with Crippen molar-refractivity contribution in [2.75, 3.05) is 26.2 Å². The minimum absolute atomic E-state index is 0.159. The lowest BCUT2D eigenvalue weighted by Crippen LogP contribution is -2.49. The van der Waals surface area contributed by atoms with Gasteiger partial charge in [0.25, 0.3) is 0 Å². The van der Waals surface area contributed by atoms with Gasteiger partial charge >= 0.3 is 18.2 Å². The van der Waals surface area contributed by atoms with Gasteiger partial charge in [0, 0.05) is 39.1 Å². The molecule has 9 heteroatoms. The number of amides is 1. The Balaban J connectivity index is 1.87. The Morgan fingerprint density at radius 2 is 1.80 bits per heavy atom. The van der Waals surface area contributed by atoms with E-state index >= 15 is 0 Å². The van der Waals surface area contributed by atoms with Gasteiger partial charge in [0.2, 0.25) is 0 Å². The van der Waals surface area contributed by atoms with Crippen LogP contribution in [0.4, 0.5) is 18.0 Å². The molecule has 1 aromatic rings. The number of ether oxygens (including phenoxy) is 1. The van der Waals surface area contributed by atoms with Crippen molar-refractivity contribution in [3.63, 3.8) is 0 Å². The number of nitrogens with zero attached hydrogens (tertiary/aromatic N) is 2. The SMILES string of the molecule is Cc1ccc(CN2CCN(C(=O)OC(C)C(F)(F)F)CC2)c(CCCCC(=O)O)c1. The highest BCUT2D eigenvalue weighted by atomic mass is 19.4. The van der Waals surface area contributed by atoms with E-state index in [9.17, 15) is 22.8 Å². The maximum absolute atomic E-state index is 12.6. The third-order valence-corrected chi connectivity index (χ3v) is 5.21. The summed E-state index contributed by atoms with van der Waals surface area (Å²) in [5, 5.41) is 8.77. The molecule has 1 fully saturated rings. The Labute approximate surface area is 174 Å². The van der Waals surface area contributed by atoms with Gasteiger partial charge in [0.1, 0.15) is 0 Å². The van der Waals surface area contributed by atoms with E-state index < -0.39 is 24.3 Å². The number of carbonyl (C=O) groups excluding carboxylic acids is 1. The van der Waals surface area contributed by atoms with E-state index in [1.165, 1.54) is 10.5 Å². The maximum Gasteiger partial charge on any atom is 0.425 e. The van der Waals surface area contributed by atoms with E-state index in [0.29, 0.717) is 39.1 Å². The van der Waals surface area contributed by atoms with Gasteiger partial charge in [0.05, 0.1) is 0 Å². The van der Waals surface area contributed by atoms with E-state index in [-0.39, 0.29) is 6.42 Å². The van der Waals surface area contributed by atoms with E-state index in [4.69, 9.17) is 5.11 Å². The molecule has 1 amide bonds. The summed E-state index contributed by atoms with van der Waals surface area (Å²) >= 11 is 0. The highest BCUT2D eigenvalue weighted by Crippen LogP contribution is 2.23. The number of aryl methyl sites for hydroxylation is 2. The van der Waals surface area contributed by atoms with Crippen LogP contribution in [0.15, 0.2) is 18.2 Å². The average molecular weight is 430 g/mol. The van der Waals surface area contributed by atoms with Crippen molar-refractivity contribution in [1.82, 2.24) is 9.80 Å². The smallest absolute Gasteiger partial charge is 0.425 e. The largest absolute Gasteiger partial charge is 0.481 e. The second-order valence-corrected chi connectivity index (χ2v) is 7.70. The first-order chi connectivity index (χ1) is 14.1. The summed E-state index contributed by atoms with van der Waals surface area (Å²) in [7, 11) is 0. The zero-order valence-corrected chi connectivity index (χ0v) is 17.4. The zero-order valence-electron chi connectivity index (χ0n) is 17.4. The number of rotatable bonds is 8. The monoisotopic (exact) mass is 430 g/mol. The molecular formula is C21H29F3N2O4. The van der Waals surface area contributed by atoms with Crippen molar-refractivity contribution in [3.8, 4) is 0 Å². The summed E-state index contributed by atoms with van der Waals surface area (Å²) in [4.78, 5) is 26.1. The fourth-order valence-electron chi connectivity index (χ4n) is 3.36. The highest BCUT2D eigenvalue weighted by molar-refractivity contribution is 5.68. The van der Waals surface area contributed by atoms with Gasteiger partial charge in [-0.25, -0.2) is 4.79 Å². The zero-order chi connectivity index (χ0) is 22.3. The number of aliphatic carboxylic acids is 1. The predicted molar refractivity (Wildman–Crippen MR) is 105 cm³/mol. The molecule has 0 aliphatic carbocycles. The van der Waals surface area contributed by atoms with Gasteiger partial charge in [-0.1, -0.05) is 23.8 Å². The molecule has 1 aliphatic heterocycles. The van der Waals surface area contributed by atoms with Crippen LogP contribution in [-0.4, -0.2) is 65.4 Å². The molecule has 1 saturated heterocycles. The number of alkyl halides is 3. The molecule has 1 heterocycles. The second-order valence-electron chi connectivity index (χ2n) is 7.70. The van der Waals surface area contributed by atoms with Crippen molar-refractivity contribution in [2.24, 2.45) is 0 Å². The number of piperazine rings is 1. The number of halogens is 3. The quantitative estimate of drug-likeness (QED) is 0.632. The molecule has 1 aromatic carbocycles. The van der Waals surface area contributed by atoms with Crippen LogP contribution in [-0.2, 0) is 22.5 Å². The standard InChI is InChI=1S/C21H29F3N2O4/c1-15-7-8-18(17(13-15)5-3-4-6-19(27)28)14-25-9-11-26(12-10-25)20(29)30-16(2)21(22,23)24/h7-8,13,16H,3-6,9-12,14H2,1-2H3,(H,27,28). The second kappa shape index (κ2) is 10.7. The maximum atomic E-state index is 12.6. The van der Waals surface area contributed by atoms with Gasteiger partial charge in [0.15, 0.2) is 6.10 Å². The van der Waals surface area contributed by atoms with E-state index in [2.05, 4.69) is 21.8 Å². The van der Waals surface area contributed by atoms with E-state index in [1.54, 1.807) is 0 Å². The molecule has 0 aromatic heterocycles. The predicted octanol–water partition coefficient (Wildman–Crippen LogP) is 4.00. The first kappa shape index (κ1) is 24.0. The lowest BCUT2D eigenvalue weighted by molar-refractivity contribution is -0.200. The molecule has 2 rings (SSSR count). The van der Waals surface area contributed by atoms with Crippen molar-refractivity contribution < 1.29 is 32.6 Å². The Morgan fingerprint density at radius 3 is 2.40 bits per heavy atom. The topological polar surface area (TPSA) is 70.1 Å². The molecule has 0 spiro atoms.